The van der Waals surface area contributed by atoms with Crippen LogP contribution in [-0.4, -0.2) is 17.4 Å². The van der Waals surface area contributed by atoms with Gasteiger partial charge in [0.15, 0.2) is 0 Å². The van der Waals surface area contributed by atoms with Crippen LogP contribution in [0.4, 0.5) is 5.69 Å². The van der Waals surface area contributed by atoms with Crippen molar-refractivity contribution in [2.45, 2.75) is 6.54 Å². The van der Waals surface area contributed by atoms with Crippen LogP contribution in [0, 0.1) is 0 Å². The van der Waals surface area contributed by atoms with E-state index in [1.54, 1.807) is 29.2 Å². The molecule has 1 heterocycles. The molecule has 1 amide bonds. The molecule has 0 aliphatic heterocycles. The highest BCUT2D eigenvalue weighted by Crippen LogP contribution is 2.25. The minimum absolute atomic E-state index is 0.159. The van der Waals surface area contributed by atoms with E-state index in [1.165, 1.54) is 11.3 Å². The van der Waals surface area contributed by atoms with Crippen LogP contribution in [0.15, 0.2) is 43.0 Å². The maximum absolute atomic E-state index is 12.6. The molecule has 0 radical (unpaired) electrons. The van der Waals surface area contributed by atoms with Crippen molar-refractivity contribution in [2.24, 2.45) is 0 Å². The van der Waals surface area contributed by atoms with E-state index in [0.29, 0.717) is 33.7 Å². The van der Waals surface area contributed by atoms with Gasteiger partial charge in [-0.25, -0.2) is 0 Å². The van der Waals surface area contributed by atoms with Crippen molar-refractivity contribution in [3.05, 3.63) is 62.8 Å². The van der Waals surface area contributed by atoms with Crippen LogP contribution in [0.1, 0.15) is 15.2 Å². The number of nitrogens with zero attached hydrogens (tertiary/aromatic N) is 1. The largest absolute Gasteiger partial charge is 0.398 e. The summed E-state index contributed by atoms with van der Waals surface area (Å²) in [5.41, 5.74) is 6.68. The molecule has 0 fully saturated rings. The second-order valence-electron chi connectivity index (χ2n) is 4.41. The smallest absolute Gasteiger partial charge is 0.256 e. The van der Waals surface area contributed by atoms with Crippen LogP contribution in [0.3, 0.4) is 0 Å². The van der Waals surface area contributed by atoms with Gasteiger partial charge >= 0.3 is 0 Å². The molecule has 2 N–H and O–H groups in total. The van der Waals surface area contributed by atoms with Gasteiger partial charge in [0.05, 0.1) is 16.4 Å². The Kier molecular flexibility index (Phi) is 5.28. The van der Waals surface area contributed by atoms with Crippen LogP contribution < -0.4 is 5.73 Å². The molecule has 0 aliphatic carbocycles. The van der Waals surface area contributed by atoms with Crippen molar-refractivity contribution in [1.82, 2.24) is 4.90 Å². The molecule has 0 saturated carbocycles. The molecule has 2 rings (SSSR count). The van der Waals surface area contributed by atoms with Crippen LogP contribution in [0.5, 0.6) is 0 Å². The van der Waals surface area contributed by atoms with Gasteiger partial charge < -0.3 is 10.6 Å². The summed E-state index contributed by atoms with van der Waals surface area (Å²) in [5.74, 6) is -0.159. The maximum Gasteiger partial charge on any atom is 0.256 e. The molecule has 1 aromatic carbocycles. The third kappa shape index (κ3) is 4.00. The van der Waals surface area contributed by atoms with Crippen LogP contribution >= 0.6 is 34.5 Å². The average Bonchev–Trinajstić information content (AvgIpc) is 2.83. The van der Waals surface area contributed by atoms with Gasteiger partial charge in [-0.3, -0.25) is 4.79 Å². The molecule has 0 atom stereocenters. The molecule has 1 aromatic heterocycles. The lowest BCUT2D eigenvalue weighted by Crippen LogP contribution is -2.31. The molecule has 0 saturated heterocycles. The van der Waals surface area contributed by atoms with Gasteiger partial charge in [0.2, 0.25) is 0 Å². The first kappa shape index (κ1) is 15.9. The minimum atomic E-state index is -0.159. The normalized spacial score (nSPS) is 10.4. The summed E-state index contributed by atoms with van der Waals surface area (Å²) >= 11 is 13.2. The molecular weight excluding hydrogens is 327 g/mol. The lowest BCUT2D eigenvalue weighted by molar-refractivity contribution is 0.0765. The second kappa shape index (κ2) is 6.98. The molecular formula is C15H14Cl2N2OS. The standard InChI is InChI=1S/C15H14Cl2N2OS/c1-2-7-19(9-11-4-6-14(17)21-11)15(20)12-5-3-10(16)8-13(12)18/h2-6,8H,1,7,9,18H2. The van der Waals surface area contributed by atoms with Crippen molar-refractivity contribution in [2.75, 3.05) is 12.3 Å². The minimum Gasteiger partial charge on any atom is -0.398 e. The summed E-state index contributed by atoms with van der Waals surface area (Å²) in [4.78, 5) is 15.3. The second-order valence-corrected chi connectivity index (χ2v) is 6.65. The fraction of sp³-hybridized carbons (Fsp3) is 0.133. The Labute approximate surface area is 137 Å². The first-order valence-corrected chi connectivity index (χ1v) is 7.78. The fourth-order valence-corrected chi connectivity index (χ4v) is 3.18. The first-order valence-electron chi connectivity index (χ1n) is 6.20. The summed E-state index contributed by atoms with van der Waals surface area (Å²) in [6.07, 6.45) is 1.68. The number of carbonyl (C=O) groups excluding carboxylic acids is 1. The number of anilines is 1. The van der Waals surface area contributed by atoms with E-state index in [2.05, 4.69) is 6.58 Å². The number of hydrogen-bond acceptors (Lipinski definition) is 3. The number of nitrogens with two attached hydrogens (primary N) is 1. The SMILES string of the molecule is C=CCN(Cc1ccc(Cl)s1)C(=O)c1ccc(Cl)cc1N. The molecule has 0 bridgehead atoms. The quantitative estimate of drug-likeness (QED) is 0.644. The highest BCUT2D eigenvalue weighted by Gasteiger charge is 2.18. The van der Waals surface area contributed by atoms with Gasteiger partial charge in [-0.15, -0.1) is 17.9 Å². The zero-order valence-corrected chi connectivity index (χ0v) is 13.5. The summed E-state index contributed by atoms with van der Waals surface area (Å²) in [6, 6.07) is 8.58. The summed E-state index contributed by atoms with van der Waals surface area (Å²) in [5, 5.41) is 0.504. The van der Waals surface area contributed by atoms with E-state index in [9.17, 15) is 4.79 Å². The number of halogens is 2. The molecule has 110 valence electrons. The number of carbonyl (C=O) groups is 1. The third-order valence-corrected chi connectivity index (χ3v) is 4.31. The first-order chi connectivity index (χ1) is 10.0. The van der Waals surface area contributed by atoms with Gasteiger partial charge in [0, 0.05) is 22.1 Å². The lowest BCUT2D eigenvalue weighted by Gasteiger charge is -2.21. The molecule has 0 aliphatic rings. The zero-order valence-electron chi connectivity index (χ0n) is 11.2. The maximum atomic E-state index is 12.6. The number of amides is 1. The zero-order chi connectivity index (χ0) is 15.4. The van der Waals surface area contributed by atoms with Crippen LogP contribution in [-0.2, 0) is 6.54 Å². The van der Waals surface area contributed by atoms with E-state index < -0.39 is 0 Å². The number of nitrogen functional groups attached to an aromatic ring is 1. The van der Waals surface area contributed by atoms with Crippen LogP contribution in [0.2, 0.25) is 9.36 Å². The predicted octanol–water partition coefficient (Wildman–Crippen LogP) is 4.47. The molecule has 0 unspecified atom stereocenters. The van der Waals surface area contributed by atoms with Crippen molar-refractivity contribution in [3.8, 4) is 0 Å². The molecule has 0 spiro atoms. The number of hydrogen-bond donors (Lipinski definition) is 1. The lowest BCUT2D eigenvalue weighted by atomic mass is 10.1. The Morgan fingerprint density at radius 3 is 2.67 bits per heavy atom. The summed E-state index contributed by atoms with van der Waals surface area (Å²) in [6.45, 7) is 4.58. The Hall–Kier alpha value is -1.49. The van der Waals surface area contributed by atoms with Gasteiger partial charge in [-0.1, -0.05) is 29.3 Å². The van der Waals surface area contributed by atoms with Gasteiger partial charge in [0.25, 0.3) is 5.91 Å². The van der Waals surface area contributed by atoms with E-state index in [4.69, 9.17) is 28.9 Å². The van der Waals surface area contributed by atoms with Gasteiger partial charge in [0.1, 0.15) is 0 Å². The van der Waals surface area contributed by atoms with E-state index in [0.717, 1.165) is 4.88 Å². The summed E-state index contributed by atoms with van der Waals surface area (Å²) in [7, 11) is 0. The highest BCUT2D eigenvalue weighted by molar-refractivity contribution is 7.16. The molecule has 2 aromatic rings. The predicted molar refractivity (Wildman–Crippen MR) is 90.1 cm³/mol. The summed E-state index contributed by atoms with van der Waals surface area (Å²) < 4.78 is 0.696. The van der Waals surface area contributed by atoms with E-state index in [-0.39, 0.29) is 5.91 Å². The van der Waals surface area contributed by atoms with Gasteiger partial charge in [-0.05, 0) is 30.3 Å². The Morgan fingerprint density at radius 2 is 2.10 bits per heavy atom. The molecule has 21 heavy (non-hydrogen) atoms. The Balaban J connectivity index is 2.24. The van der Waals surface area contributed by atoms with Crippen molar-refractivity contribution in [1.29, 1.82) is 0 Å². The fourth-order valence-electron chi connectivity index (χ4n) is 1.90. The van der Waals surface area contributed by atoms with E-state index >= 15 is 0 Å². The molecule has 6 heteroatoms. The van der Waals surface area contributed by atoms with Crippen molar-refractivity contribution in [3.63, 3.8) is 0 Å². The topological polar surface area (TPSA) is 46.3 Å². The Morgan fingerprint density at radius 1 is 1.33 bits per heavy atom. The Bertz CT molecular complexity index is 669. The number of benzene rings is 1. The highest BCUT2D eigenvalue weighted by atomic mass is 35.5. The van der Waals surface area contributed by atoms with Crippen LogP contribution in [0.25, 0.3) is 0 Å². The van der Waals surface area contributed by atoms with E-state index in [1.807, 2.05) is 12.1 Å². The number of thiophene rings is 1. The third-order valence-electron chi connectivity index (χ3n) is 2.86. The van der Waals surface area contributed by atoms with Crippen molar-refractivity contribution >= 4 is 46.1 Å². The van der Waals surface area contributed by atoms with Gasteiger partial charge in [-0.2, -0.15) is 0 Å². The monoisotopic (exact) mass is 340 g/mol. The van der Waals surface area contributed by atoms with Crippen molar-refractivity contribution < 1.29 is 4.79 Å². The number of rotatable bonds is 5. The molecule has 3 nitrogen and oxygen atoms in total. The average molecular weight is 341 g/mol.